The van der Waals surface area contributed by atoms with Gasteiger partial charge in [0, 0.05) is 0 Å². The maximum absolute atomic E-state index is 12.8. The van der Waals surface area contributed by atoms with E-state index in [4.69, 9.17) is 4.74 Å². The van der Waals surface area contributed by atoms with Crippen LogP contribution in [0.2, 0.25) is 0 Å². The van der Waals surface area contributed by atoms with Crippen LogP contribution in [0.4, 0.5) is 0 Å². The second kappa shape index (κ2) is 7.62. The van der Waals surface area contributed by atoms with Crippen molar-refractivity contribution in [3.05, 3.63) is 84.1 Å². The Morgan fingerprint density at radius 3 is 2.04 bits per heavy atom. The summed E-state index contributed by atoms with van der Waals surface area (Å²) < 4.78 is 6.03. The summed E-state index contributed by atoms with van der Waals surface area (Å²) in [5.41, 5.74) is 0.960. The van der Waals surface area contributed by atoms with Gasteiger partial charge >= 0.3 is 0 Å². The summed E-state index contributed by atoms with van der Waals surface area (Å²) in [6, 6.07) is 19.2. The molecule has 136 valence electrons. The fourth-order valence-electron chi connectivity index (χ4n) is 3.66. The number of carbonyl (C=O) groups is 2. The van der Waals surface area contributed by atoms with Crippen LogP contribution in [0.25, 0.3) is 6.08 Å². The lowest BCUT2D eigenvalue weighted by Crippen LogP contribution is -2.34. The average Bonchev–Trinajstić information content (AvgIpc) is 2.95. The highest BCUT2D eigenvalue weighted by Gasteiger charge is 2.47. The number of rotatable bonds is 5. The molecular formula is C23H21NO3. The Morgan fingerprint density at radius 2 is 1.44 bits per heavy atom. The fourth-order valence-corrected chi connectivity index (χ4v) is 3.66. The molecule has 2 aromatic carbocycles. The first-order valence-electron chi connectivity index (χ1n) is 9.21. The Labute approximate surface area is 158 Å². The fraction of sp³-hybridized carbons (Fsp3) is 0.217. The number of nitrogens with zero attached hydrogens (tertiary/aromatic N) is 1. The molecule has 1 heterocycles. The zero-order chi connectivity index (χ0) is 18.6. The lowest BCUT2D eigenvalue weighted by molar-refractivity contribution is -0.139. The molecule has 4 rings (SSSR count). The molecule has 2 unspecified atom stereocenters. The smallest absolute Gasteiger partial charge is 0.233 e. The van der Waals surface area contributed by atoms with Crippen LogP contribution in [0, 0.1) is 11.8 Å². The summed E-state index contributed by atoms with van der Waals surface area (Å²) >= 11 is 0. The molecule has 1 fully saturated rings. The number of ether oxygens (including phenoxy) is 1. The van der Waals surface area contributed by atoms with Gasteiger partial charge in [-0.2, -0.15) is 0 Å². The number of hydrogen-bond acceptors (Lipinski definition) is 3. The van der Waals surface area contributed by atoms with Gasteiger partial charge in [-0.1, -0.05) is 60.7 Å². The molecule has 0 radical (unpaired) electrons. The molecule has 2 amide bonds. The molecule has 0 bridgehead atoms. The minimum atomic E-state index is -0.225. The molecule has 1 aliphatic heterocycles. The molecule has 4 heteroatoms. The van der Waals surface area contributed by atoms with E-state index < -0.39 is 0 Å². The van der Waals surface area contributed by atoms with Crippen LogP contribution in [-0.2, 0) is 9.59 Å². The Hall–Kier alpha value is -3.14. The maximum Gasteiger partial charge on any atom is 0.233 e. The number of hydrogen-bond donors (Lipinski definition) is 0. The summed E-state index contributed by atoms with van der Waals surface area (Å²) in [7, 11) is 0. The van der Waals surface area contributed by atoms with E-state index in [0.29, 0.717) is 24.4 Å². The Kier molecular flexibility index (Phi) is 4.88. The second-order valence-electron chi connectivity index (χ2n) is 6.85. The maximum atomic E-state index is 12.8. The summed E-state index contributed by atoms with van der Waals surface area (Å²) in [6.45, 7) is 0.147. The van der Waals surface area contributed by atoms with Crippen molar-refractivity contribution in [1.29, 1.82) is 0 Å². The zero-order valence-electron chi connectivity index (χ0n) is 15.0. The normalized spacial score (nSPS) is 22.1. The van der Waals surface area contributed by atoms with Crippen molar-refractivity contribution in [2.75, 3.05) is 6.54 Å². The van der Waals surface area contributed by atoms with Gasteiger partial charge in [0.1, 0.15) is 11.5 Å². The van der Waals surface area contributed by atoms with E-state index in [9.17, 15) is 9.59 Å². The largest absolute Gasteiger partial charge is 0.460 e. The van der Waals surface area contributed by atoms with Gasteiger partial charge in [-0.05, 0) is 36.6 Å². The SMILES string of the molecule is O=C1C2CC=CCC2C(=O)N1C/C(=C/c1ccccc1)Oc1ccccc1. The minimum absolute atomic E-state index is 0.0926. The van der Waals surface area contributed by atoms with Crippen LogP contribution in [0.15, 0.2) is 78.6 Å². The van der Waals surface area contributed by atoms with E-state index in [0.717, 1.165) is 5.56 Å². The molecular weight excluding hydrogens is 338 g/mol. The first kappa shape index (κ1) is 17.3. The summed E-state index contributed by atoms with van der Waals surface area (Å²) in [4.78, 5) is 26.9. The summed E-state index contributed by atoms with van der Waals surface area (Å²) in [5.74, 6) is 0.614. The van der Waals surface area contributed by atoms with E-state index >= 15 is 0 Å². The first-order chi connectivity index (χ1) is 13.2. The minimum Gasteiger partial charge on any atom is -0.460 e. The monoisotopic (exact) mass is 359 g/mol. The average molecular weight is 359 g/mol. The first-order valence-corrected chi connectivity index (χ1v) is 9.21. The van der Waals surface area contributed by atoms with E-state index in [1.807, 2.05) is 78.9 Å². The predicted molar refractivity (Wildman–Crippen MR) is 104 cm³/mol. The Balaban J connectivity index is 1.60. The van der Waals surface area contributed by atoms with Crippen molar-refractivity contribution in [3.63, 3.8) is 0 Å². The summed E-state index contributed by atoms with van der Waals surface area (Å²) in [5, 5.41) is 0. The standard InChI is InChI=1S/C23H21NO3/c25-22-20-13-7-8-14-21(20)23(26)24(22)16-19(15-17-9-3-1-4-10-17)27-18-11-5-2-6-12-18/h1-12,15,20-21H,13-14,16H2/b19-15-. The molecule has 1 saturated heterocycles. The van der Waals surface area contributed by atoms with Gasteiger partial charge in [-0.3, -0.25) is 14.5 Å². The third-order valence-corrected chi connectivity index (χ3v) is 5.03. The highest BCUT2D eigenvalue weighted by molar-refractivity contribution is 6.05. The Bertz CT molecular complexity index is 860. The zero-order valence-corrected chi connectivity index (χ0v) is 15.0. The van der Waals surface area contributed by atoms with Crippen molar-refractivity contribution >= 4 is 17.9 Å². The Morgan fingerprint density at radius 1 is 0.889 bits per heavy atom. The van der Waals surface area contributed by atoms with Gasteiger partial charge in [-0.25, -0.2) is 0 Å². The lowest BCUT2D eigenvalue weighted by atomic mass is 9.85. The van der Waals surface area contributed by atoms with Gasteiger partial charge in [-0.15, -0.1) is 0 Å². The van der Waals surface area contributed by atoms with Crippen LogP contribution in [-0.4, -0.2) is 23.3 Å². The van der Waals surface area contributed by atoms with Crippen LogP contribution in [0.1, 0.15) is 18.4 Å². The number of likely N-dealkylation sites (tertiary alicyclic amines) is 1. The van der Waals surface area contributed by atoms with Crippen molar-refractivity contribution in [2.45, 2.75) is 12.8 Å². The van der Waals surface area contributed by atoms with Gasteiger partial charge in [0.05, 0.1) is 18.4 Å². The topological polar surface area (TPSA) is 46.6 Å². The molecule has 1 aliphatic carbocycles. The number of fused-ring (bicyclic) bond motifs is 1. The van der Waals surface area contributed by atoms with Gasteiger partial charge < -0.3 is 4.74 Å². The molecule has 2 atom stereocenters. The molecule has 4 nitrogen and oxygen atoms in total. The lowest BCUT2D eigenvalue weighted by Gasteiger charge is -2.18. The van der Waals surface area contributed by atoms with Crippen molar-refractivity contribution < 1.29 is 14.3 Å². The molecule has 2 aliphatic rings. The number of imide groups is 1. The molecule has 0 spiro atoms. The van der Waals surface area contributed by atoms with Crippen LogP contribution in [0.3, 0.4) is 0 Å². The van der Waals surface area contributed by atoms with E-state index in [2.05, 4.69) is 0 Å². The molecule has 0 aromatic heterocycles. The van der Waals surface area contributed by atoms with E-state index in [1.165, 1.54) is 4.90 Å². The van der Waals surface area contributed by atoms with Crippen molar-refractivity contribution in [2.24, 2.45) is 11.8 Å². The third kappa shape index (κ3) is 3.70. The molecule has 0 N–H and O–H groups in total. The number of amides is 2. The number of benzene rings is 2. The van der Waals surface area contributed by atoms with Crippen molar-refractivity contribution in [3.8, 4) is 5.75 Å². The second-order valence-corrected chi connectivity index (χ2v) is 6.85. The molecule has 2 aromatic rings. The third-order valence-electron chi connectivity index (χ3n) is 5.03. The predicted octanol–water partition coefficient (Wildman–Crippen LogP) is 4.06. The van der Waals surface area contributed by atoms with Crippen molar-refractivity contribution in [1.82, 2.24) is 4.90 Å². The molecule has 27 heavy (non-hydrogen) atoms. The number of allylic oxidation sites excluding steroid dienone is 2. The van der Waals surface area contributed by atoms with Gasteiger partial charge in [0.25, 0.3) is 0 Å². The van der Waals surface area contributed by atoms with Crippen LogP contribution in [0.5, 0.6) is 5.75 Å². The van der Waals surface area contributed by atoms with Crippen LogP contribution < -0.4 is 4.74 Å². The number of para-hydroxylation sites is 1. The summed E-state index contributed by atoms with van der Waals surface area (Å²) in [6.07, 6.45) is 7.16. The van der Waals surface area contributed by atoms with Gasteiger partial charge in [0.2, 0.25) is 11.8 Å². The van der Waals surface area contributed by atoms with Gasteiger partial charge in [0.15, 0.2) is 0 Å². The highest BCUT2D eigenvalue weighted by Crippen LogP contribution is 2.35. The van der Waals surface area contributed by atoms with Crippen LogP contribution >= 0.6 is 0 Å². The quantitative estimate of drug-likeness (QED) is 0.459. The van der Waals surface area contributed by atoms with E-state index in [-0.39, 0.29) is 30.2 Å². The van der Waals surface area contributed by atoms with E-state index in [1.54, 1.807) is 0 Å². The highest BCUT2D eigenvalue weighted by atomic mass is 16.5. The number of carbonyl (C=O) groups excluding carboxylic acids is 2. The molecule has 0 saturated carbocycles.